The predicted molar refractivity (Wildman–Crippen MR) is 64.8 cm³/mol. The molecule has 0 saturated carbocycles. The average Bonchev–Trinajstić information content (AvgIpc) is 2.83. The van der Waals surface area contributed by atoms with E-state index < -0.39 is 5.82 Å². The van der Waals surface area contributed by atoms with Crippen molar-refractivity contribution in [3.63, 3.8) is 0 Å². The van der Waals surface area contributed by atoms with Crippen molar-refractivity contribution < 1.29 is 9.13 Å². The molecule has 5 nitrogen and oxygen atoms in total. The van der Waals surface area contributed by atoms with Crippen molar-refractivity contribution >= 4 is 16.7 Å². The minimum absolute atomic E-state index is 0.0885. The Morgan fingerprint density at radius 2 is 2.17 bits per heavy atom. The number of fused-ring (bicyclic) bond motifs is 1. The van der Waals surface area contributed by atoms with Crippen LogP contribution >= 0.6 is 0 Å². The van der Waals surface area contributed by atoms with E-state index in [2.05, 4.69) is 15.2 Å². The highest BCUT2D eigenvalue weighted by Gasteiger charge is 2.07. The lowest BCUT2D eigenvalue weighted by Crippen LogP contribution is -1.92. The number of halogens is 1. The monoisotopic (exact) mass is 244 g/mol. The van der Waals surface area contributed by atoms with Gasteiger partial charge in [0.05, 0.1) is 17.3 Å². The lowest BCUT2D eigenvalue weighted by atomic mass is 10.3. The van der Waals surface area contributed by atoms with E-state index in [1.54, 1.807) is 24.5 Å². The molecular formula is C12H9FN4O. The summed E-state index contributed by atoms with van der Waals surface area (Å²) in [7, 11) is 0. The number of rotatable bonds is 2. The number of H-pyrrole nitrogens is 1. The van der Waals surface area contributed by atoms with Crippen LogP contribution in [0.3, 0.4) is 0 Å². The summed E-state index contributed by atoms with van der Waals surface area (Å²) in [6, 6.07) is 5.98. The second-order valence-electron chi connectivity index (χ2n) is 3.73. The molecule has 2 heterocycles. The Labute approximate surface area is 101 Å². The number of nitrogens with two attached hydrogens (primary N) is 1. The molecule has 0 amide bonds. The summed E-state index contributed by atoms with van der Waals surface area (Å²) in [5, 5.41) is 7.34. The fourth-order valence-corrected chi connectivity index (χ4v) is 1.61. The van der Waals surface area contributed by atoms with Gasteiger partial charge in [0.15, 0.2) is 5.65 Å². The van der Waals surface area contributed by atoms with Crippen LogP contribution in [-0.4, -0.2) is 15.2 Å². The van der Waals surface area contributed by atoms with E-state index in [4.69, 9.17) is 10.5 Å². The molecule has 0 saturated heterocycles. The van der Waals surface area contributed by atoms with Gasteiger partial charge in [-0.25, -0.2) is 9.37 Å². The number of ether oxygens (including phenoxy) is 1. The summed E-state index contributed by atoms with van der Waals surface area (Å²) in [6.07, 6.45) is 3.19. The Morgan fingerprint density at radius 1 is 1.28 bits per heavy atom. The molecule has 0 radical (unpaired) electrons. The molecule has 6 heteroatoms. The molecule has 3 aromatic rings. The Hall–Kier alpha value is -2.63. The van der Waals surface area contributed by atoms with E-state index in [-0.39, 0.29) is 5.69 Å². The van der Waals surface area contributed by atoms with Gasteiger partial charge in [0.25, 0.3) is 0 Å². The Morgan fingerprint density at radius 3 is 3.00 bits per heavy atom. The van der Waals surface area contributed by atoms with Crippen LogP contribution in [-0.2, 0) is 0 Å². The average molecular weight is 244 g/mol. The van der Waals surface area contributed by atoms with Crippen molar-refractivity contribution in [2.24, 2.45) is 0 Å². The Kier molecular flexibility index (Phi) is 2.33. The van der Waals surface area contributed by atoms with E-state index in [1.165, 1.54) is 12.1 Å². The molecular weight excluding hydrogens is 235 g/mol. The summed E-state index contributed by atoms with van der Waals surface area (Å²) in [4.78, 5) is 4.08. The van der Waals surface area contributed by atoms with Gasteiger partial charge in [-0.15, -0.1) is 0 Å². The fraction of sp³-hybridized carbons (Fsp3) is 0. The molecule has 3 rings (SSSR count). The standard InChI is InChI=1S/C12H9FN4O/c13-9-5-7(1-2-10(9)14)18-11-3-4-15-12-8(11)6-16-17-12/h1-6H,14H2,(H,15,16,17). The van der Waals surface area contributed by atoms with Crippen molar-refractivity contribution in [2.75, 3.05) is 5.73 Å². The van der Waals surface area contributed by atoms with Gasteiger partial charge in [0.2, 0.25) is 0 Å². The van der Waals surface area contributed by atoms with Crippen molar-refractivity contribution in [2.45, 2.75) is 0 Å². The molecule has 18 heavy (non-hydrogen) atoms. The number of hydrogen-bond donors (Lipinski definition) is 2. The summed E-state index contributed by atoms with van der Waals surface area (Å²) in [6.45, 7) is 0. The van der Waals surface area contributed by atoms with E-state index in [9.17, 15) is 4.39 Å². The molecule has 0 aliphatic carbocycles. The van der Waals surface area contributed by atoms with Crippen LogP contribution in [0.4, 0.5) is 10.1 Å². The minimum atomic E-state index is -0.509. The molecule has 0 fully saturated rings. The number of nitrogens with zero attached hydrogens (tertiary/aromatic N) is 2. The van der Waals surface area contributed by atoms with Crippen molar-refractivity contribution in [3.05, 3.63) is 42.5 Å². The van der Waals surface area contributed by atoms with Crippen molar-refractivity contribution in [3.8, 4) is 11.5 Å². The maximum atomic E-state index is 13.3. The topological polar surface area (TPSA) is 76.8 Å². The van der Waals surface area contributed by atoms with Gasteiger partial charge < -0.3 is 10.5 Å². The molecule has 90 valence electrons. The molecule has 0 atom stereocenters. The summed E-state index contributed by atoms with van der Waals surface area (Å²) in [5.41, 5.74) is 6.10. The number of hydrogen-bond acceptors (Lipinski definition) is 4. The van der Waals surface area contributed by atoms with Gasteiger partial charge in [0.1, 0.15) is 17.3 Å². The zero-order valence-electron chi connectivity index (χ0n) is 9.22. The molecule has 0 bridgehead atoms. The van der Waals surface area contributed by atoms with Gasteiger partial charge in [-0.05, 0) is 18.2 Å². The van der Waals surface area contributed by atoms with Crippen LogP contribution < -0.4 is 10.5 Å². The number of aromatic amines is 1. The van der Waals surface area contributed by atoms with Crippen LogP contribution in [0.1, 0.15) is 0 Å². The SMILES string of the molecule is Nc1ccc(Oc2ccnc3[nH]ncc23)cc1F. The molecule has 2 aromatic heterocycles. The van der Waals surface area contributed by atoms with Gasteiger partial charge in [0, 0.05) is 12.3 Å². The molecule has 0 unspecified atom stereocenters. The third kappa shape index (κ3) is 1.73. The molecule has 0 spiro atoms. The number of anilines is 1. The van der Waals surface area contributed by atoms with Gasteiger partial charge >= 0.3 is 0 Å². The van der Waals surface area contributed by atoms with E-state index in [0.29, 0.717) is 17.1 Å². The third-order valence-corrected chi connectivity index (χ3v) is 2.51. The largest absolute Gasteiger partial charge is 0.456 e. The maximum Gasteiger partial charge on any atom is 0.158 e. The van der Waals surface area contributed by atoms with Crippen LogP contribution in [0.25, 0.3) is 11.0 Å². The zero-order valence-corrected chi connectivity index (χ0v) is 9.22. The molecule has 0 aliphatic heterocycles. The van der Waals surface area contributed by atoms with Crippen LogP contribution in [0.15, 0.2) is 36.7 Å². The second kappa shape index (κ2) is 3.99. The number of nitrogen functional groups attached to an aromatic ring is 1. The third-order valence-electron chi connectivity index (χ3n) is 2.51. The number of benzene rings is 1. The van der Waals surface area contributed by atoms with Crippen LogP contribution in [0, 0.1) is 5.82 Å². The quantitative estimate of drug-likeness (QED) is 0.679. The zero-order chi connectivity index (χ0) is 12.5. The highest BCUT2D eigenvalue weighted by Crippen LogP contribution is 2.28. The Balaban J connectivity index is 2.01. The molecule has 1 aromatic carbocycles. The van der Waals surface area contributed by atoms with E-state index >= 15 is 0 Å². The predicted octanol–water partition coefficient (Wildman–Crippen LogP) is 2.47. The van der Waals surface area contributed by atoms with E-state index in [0.717, 1.165) is 5.39 Å². The minimum Gasteiger partial charge on any atom is -0.456 e. The fourth-order valence-electron chi connectivity index (χ4n) is 1.61. The number of nitrogens with one attached hydrogen (secondary N) is 1. The summed E-state index contributed by atoms with van der Waals surface area (Å²) < 4.78 is 18.9. The first-order chi connectivity index (χ1) is 8.74. The lowest BCUT2D eigenvalue weighted by Gasteiger charge is -2.07. The number of aromatic nitrogens is 3. The Bertz CT molecular complexity index is 710. The van der Waals surface area contributed by atoms with Gasteiger partial charge in [-0.1, -0.05) is 0 Å². The summed E-state index contributed by atoms with van der Waals surface area (Å²) in [5.74, 6) is 0.415. The molecule has 0 aliphatic rings. The highest BCUT2D eigenvalue weighted by atomic mass is 19.1. The number of pyridine rings is 1. The lowest BCUT2D eigenvalue weighted by molar-refractivity contribution is 0.482. The van der Waals surface area contributed by atoms with Crippen molar-refractivity contribution in [1.29, 1.82) is 0 Å². The van der Waals surface area contributed by atoms with Crippen LogP contribution in [0.2, 0.25) is 0 Å². The first kappa shape index (κ1) is 10.5. The first-order valence-electron chi connectivity index (χ1n) is 5.25. The normalized spacial score (nSPS) is 10.7. The van der Waals surface area contributed by atoms with Crippen LogP contribution in [0.5, 0.6) is 11.5 Å². The van der Waals surface area contributed by atoms with Gasteiger partial charge in [-0.3, -0.25) is 5.10 Å². The maximum absolute atomic E-state index is 13.3. The smallest absolute Gasteiger partial charge is 0.158 e. The second-order valence-corrected chi connectivity index (χ2v) is 3.73. The first-order valence-corrected chi connectivity index (χ1v) is 5.25. The van der Waals surface area contributed by atoms with E-state index in [1.807, 2.05) is 0 Å². The molecule has 3 N–H and O–H groups in total. The highest BCUT2D eigenvalue weighted by molar-refractivity contribution is 5.81. The van der Waals surface area contributed by atoms with Gasteiger partial charge in [-0.2, -0.15) is 5.10 Å². The van der Waals surface area contributed by atoms with Crippen molar-refractivity contribution in [1.82, 2.24) is 15.2 Å². The summed E-state index contributed by atoms with van der Waals surface area (Å²) >= 11 is 0.